The number of aliphatic hydroxyl groups is 1. The summed E-state index contributed by atoms with van der Waals surface area (Å²) in [7, 11) is 0. The zero-order valence-electron chi connectivity index (χ0n) is 6.98. The molecule has 6 heteroatoms. The van der Waals surface area contributed by atoms with Gasteiger partial charge in [-0.05, 0) is 34.2 Å². The second kappa shape index (κ2) is 5.32. The van der Waals surface area contributed by atoms with Crippen molar-refractivity contribution in [2.75, 3.05) is 0 Å². The Morgan fingerprint density at radius 3 is 2.64 bits per heavy atom. The maximum atomic E-state index is 12.4. The fourth-order valence-corrected chi connectivity index (χ4v) is 2.20. The predicted molar refractivity (Wildman–Crippen MR) is 60.5 cm³/mol. The van der Waals surface area contributed by atoms with Crippen LogP contribution in [-0.4, -0.2) is 10.1 Å². The average molecular weight is 378 g/mol. The summed E-state index contributed by atoms with van der Waals surface area (Å²) in [5.41, 5.74) is 0.776. The van der Waals surface area contributed by atoms with Crippen molar-refractivity contribution < 1.29 is 13.9 Å². The molecule has 1 N–H and O–H groups in total. The highest BCUT2D eigenvalue weighted by Gasteiger charge is 2.16. The molecule has 14 heavy (non-hydrogen) atoms. The quantitative estimate of drug-likeness (QED) is 0.648. The summed E-state index contributed by atoms with van der Waals surface area (Å²) in [6.07, 6.45) is -2.60. The first-order valence-electron chi connectivity index (χ1n) is 3.73. The largest absolute Gasteiger partial charge is 0.390 e. The molecular weight excluding hydrogens is 371 g/mol. The Balaban J connectivity index is 3.23. The molecule has 0 atom stereocenters. The van der Waals surface area contributed by atoms with Gasteiger partial charge in [-0.1, -0.05) is 15.9 Å². The van der Waals surface area contributed by atoms with E-state index in [1.54, 1.807) is 6.07 Å². The van der Waals surface area contributed by atoms with Crippen molar-refractivity contribution in [1.29, 1.82) is 0 Å². The maximum absolute atomic E-state index is 12.4. The molecule has 78 valence electrons. The van der Waals surface area contributed by atoms with E-state index in [4.69, 9.17) is 5.11 Å². The van der Waals surface area contributed by atoms with Crippen LogP contribution in [0.4, 0.5) is 8.78 Å². The standard InChI is InChI=1S/C8H7BrF2INO/c9-2-4-1-5(12)7(8(10)11)13-6(4)3-14/h1,8,14H,2-3H2. The third-order valence-corrected chi connectivity index (χ3v) is 3.14. The minimum Gasteiger partial charge on any atom is -0.390 e. The van der Waals surface area contributed by atoms with Gasteiger partial charge in [0.05, 0.1) is 12.3 Å². The Bertz CT molecular complexity index is 335. The van der Waals surface area contributed by atoms with E-state index < -0.39 is 6.43 Å². The van der Waals surface area contributed by atoms with Crippen LogP contribution in [0.3, 0.4) is 0 Å². The molecule has 2 nitrogen and oxygen atoms in total. The number of alkyl halides is 3. The summed E-state index contributed by atoms with van der Waals surface area (Å²) in [5.74, 6) is 0. The summed E-state index contributed by atoms with van der Waals surface area (Å²) in [6.45, 7) is -0.322. The highest BCUT2D eigenvalue weighted by molar-refractivity contribution is 14.1. The van der Waals surface area contributed by atoms with Crippen LogP contribution in [0.25, 0.3) is 0 Å². The number of nitrogens with zero attached hydrogens (tertiary/aromatic N) is 1. The Labute approximate surface area is 102 Å². The van der Waals surface area contributed by atoms with Crippen molar-refractivity contribution >= 4 is 38.5 Å². The van der Waals surface area contributed by atoms with Crippen molar-refractivity contribution in [2.45, 2.75) is 18.4 Å². The van der Waals surface area contributed by atoms with Crippen LogP contribution in [0, 0.1) is 3.57 Å². The molecule has 1 rings (SSSR count). The molecular formula is C8H7BrF2INO. The highest BCUT2D eigenvalue weighted by atomic mass is 127. The third-order valence-electron chi connectivity index (χ3n) is 1.67. The van der Waals surface area contributed by atoms with E-state index >= 15 is 0 Å². The van der Waals surface area contributed by atoms with E-state index in [1.165, 1.54) is 0 Å². The Hall–Kier alpha value is 0.180. The van der Waals surface area contributed by atoms with Gasteiger partial charge in [-0.25, -0.2) is 13.8 Å². The molecule has 0 fully saturated rings. The number of aromatic nitrogens is 1. The van der Waals surface area contributed by atoms with Gasteiger partial charge in [0.2, 0.25) is 0 Å². The molecule has 0 amide bonds. The Kier molecular flexibility index (Phi) is 4.65. The number of halogens is 4. The first kappa shape index (κ1) is 12.3. The molecule has 1 aromatic rings. The molecule has 0 saturated carbocycles. The lowest BCUT2D eigenvalue weighted by atomic mass is 10.2. The average Bonchev–Trinajstić information content (AvgIpc) is 2.16. The van der Waals surface area contributed by atoms with Gasteiger partial charge >= 0.3 is 0 Å². The number of rotatable bonds is 3. The van der Waals surface area contributed by atoms with Crippen LogP contribution in [-0.2, 0) is 11.9 Å². The fraction of sp³-hybridized carbons (Fsp3) is 0.375. The van der Waals surface area contributed by atoms with Crippen LogP contribution in [0.5, 0.6) is 0 Å². The molecule has 0 unspecified atom stereocenters. The summed E-state index contributed by atoms with van der Waals surface area (Å²) >= 11 is 5.02. The van der Waals surface area contributed by atoms with Crippen molar-refractivity contribution in [1.82, 2.24) is 4.98 Å². The zero-order chi connectivity index (χ0) is 10.7. The normalized spacial score (nSPS) is 11.0. The first-order chi connectivity index (χ1) is 6.60. The van der Waals surface area contributed by atoms with Crippen molar-refractivity contribution in [3.05, 3.63) is 26.6 Å². The summed E-state index contributed by atoms with van der Waals surface area (Å²) in [6, 6.07) is 1.61. The summed E-state index contributed by atoms with van der Waals surface area (Å²) < 4.78 is 25.3. The van der Waals surface area contributed by atoms with Crippen molar-refractivity contribution in [3.63, 3.8) is 0 Å². The number of pyridine rings is 1. The van der Waals surface area contributed by atoms with Crippen LogP contribution in [0.15, 0.2) is 6.07 Å². The number of aliphatic hydroxyl groups excluding tert-OH is 1. The van der Waals surface area contributed by atoms with Crippen LogP contribution in [0.1, 0.15) is 23.4 Å². The van der Waals surface area contributed by atoms with E-state index in [1.807, 2.05) is 22.6 Å². The van der Waals surface area contributed by atoms with Gasteiger partial charge in [-0.15, -0.1) is 0 Å². The van der Waals surface area contributed by atoms with Gasteiger partial charge in [0.1, 0.15) is 5.69 Å². The maximum Gasteiger partial charge on any atom is 0.281 e. The topological polar surface area (TPSA) is 33.1 Å². The molecule has 0 spiro atoms. The van der Waals surface area contributed by atoms with E-state index in [0.29, 0.717) is 14.6 Å². The molecule has 0 aromatic carbocycles. The number of hydrogen-bond acceptors (Lipinski definition) is 2. The lowest BCUT2D eigenvalue weighted by molar-refractivity contribution is 0.144. The Morgan fingerprint density at radius 1 is 1.57 bits per heavy atom. The zero-order valence-corrected chi connectivity index (χ0v) is 10.7. The molecule has 0 saturated heterocycles. The molecule has 0 aliphatic heterocycles. The van der Waals surface area contributed by atoms with E-state index in [-0.39, 0.29) is 12.3 Å². The minimum atomic E-state index is -2.60. The Morgan fingerprint density at radius 2 is 2.21 bits per heavy atom. The summed E-state index contributed by atoms with van der Waals surface area (Å²) in [4.78, 5) is 3.72. The minimum absolute atomic E-state index is 0.264. The second-order valence-electron chi connectivity index (χ2n) is 2.55. The molecule has 0 aliphatic rings. The predicted octanol–water partition coefficient (Wildman–Crippen LogP) is 3.01. The van der Waals surface area contributed by atoms with Crippen LogP contribution < -0.4 is 0 Å². The van der Waals surface area contributed by atoms with Gasteiger partial charge < -0.3 is 5.11 Å². The van der Waals surface area contributed by atoms with Crippen LogP contribution >= 0.6 is 38.5 Å². The van der Waals surface area contributed by atoms with Crippen molar-refractivity contribution in [2.24, 2.45) is 0 Å². The lowest BCUT2D eigenvalue weighted by Crippen LogP contribution is -2.03. The number of hydrogen-bond donors (Lipinski definition) is 1. The molecule has 1 aromatic heterocycles. The highest BCUT2D eigenvalue weighted by Crippen LogP contribution is 2.25. The first-order valence-corrected chi connectivity index (χ1v) is 5.93. The van der Waals surface area contributed by atoms with Crippen molar-refractivity contribution in [3.8, 4) is 0 Å². The van der Waals surface area contributed by atoms with Gasteiger partial charge in [0.15, 0.2) is 0 Å². The van der Waals surface area contributed by atoms with E-state index in [2.05, 4.69) is 20.9 Å². The van der Waals surface area contributed by atoms with Gasteiger partial charge in [-0.3, -0.25) is 0 Å². The lowest BCUT2D eigenvalue weighted by Gasteiger charge is -2.08. The fourth-order valence-electron chi connectivity index (χ4n) is 0.986. The SMILES string of the molecule is OCc1nc(C(F)F)c(I)cc1CBr. The molecule has 1 heterocycles. The van der Waals surface area contributed by atoms with Gasteiger partial charge in [0.25, 0.3) is 6.43 Å². The molecule has 0 aliphatic carbocycles. The smallest absolute Gasteiger partial charge is 0.281 e. The van der Waals surface area contributed by atoms with E-state index in [9.17, 15) is 8.78 Å². The van der Waals surface area contributed by atoms with Gasteiger partial charge in [-0.2, -0.15) is 0 Å². The van der Waals surface area contributed by atoms with E-state index in [0.717, 1.165) is 5.56 Å². The molecule has 0 radical (unpaired) electrons. The summed E-state index contributed by atoms with van der Waals surface area (Å²) in [5, 5.41) is 9.41. The monoisotopic (exact) mass is 377 g/mol. The molecule has 0 bridgehead atoms. The van der Waals surface area contributed by atoms with Gasteiger partial charge in [0, 0.05) is 8.90 Å². The third kappa shape index (κ3) is 2.60. The second-order valence-corrected chi connectivity index (χ2v) is 4.28. The van der Waals surface area contributed by atoms with Crippen LogP contribution in [0.2, 0.25) is 0 Å².